The first-order valence-electron chi connectivity index (χ1n) is 6.11. The Morgan fingerprint density at radius 3 is 2.60 bits per heavy atom. The van der Waals surface area contributed by atoms with Gasteiger partial charge in [0.2, 0.25) is 0 Å². The Kier molecular flexibility index (Phi) is 4.30. The molecule has 0 amide bonds. The molecule has 0 spiro atoms. The van der Waals surface area contributed by atoms with E-state index < -0.39 is 0 Å². The number of thioether (sulfide) groups is 1. The highest BCUT2D eigenvalue weighted by molar-refractivity contribution is 8.00. The summed E-state index contributed by atoms with van der Waals surface area (Å²) in [7, 11) is 0. The van der Waals surface area contributed by atoms with Crippen LogP contribution < -0.4 is 4.74 Å². The number of hydrogen-bond acceptors (Lipinski definition) is 5. The Labute approximate surface area is 125 Å². The van der Waals surface area contributed by atoms with E-state index in [4.69, 9.17) is 4.74 Å². The molecule has 0 aliphatic carbocycles. The van der Waals surface area contributed by atoms with Gasteiger partial charge in [-0.15, -0.1) is 10.2 Å². The van der Waals surface area contributed by atoms with Crippen molar-refractivity contribution < 1.29 is 4.74 Å². The molecule has 100 valence electrons. The van der Waals surface area contributed by atoms with Crippen LogP contribution in [0.5, 0.6) is 11.5 Å². The number of aromatic nitrogens is 2. The molecule has 0 unspecified atom stereocenters. The standard InChI is InChI=1S/C15H12N2OS2/c1-2-7-13(8-3-1)18-14-9-5-4-6-12(14)10-19-15-17-16-11-20-15/h1-9,11H,10H2. The molecule has 5 heteroatoms. The minimum Gasteiger partial charge on any atom is -0.457 e. The average Bonchev–Trinajstić information content (AvgIpc) is 3.01. The van der Waals surface area contributed by atoms with Crippen molar-refractivity contribution in [1.29, 1.82) is 0 Å². The zero-order valence-electron chi connectivity index (χ0n) is 10.6. The molecular formula is C15H12N2OS2. The summed E-state index contributed by atoms with van der Waals surface area (Å²) in [6.07, 6.45) is 0. The number of benzene rings is 2. The van der Waals surface area contributed by atoms with E-state index in [1.54, 1.807) is 28.6 Å². The minimum absolute atomic E-state index is 0.818. The van der Waals surface area contributed by atoms with E-state index in [1.807, 2.05) is 48.5 Å². The Morgan fingerprint density at radius 1 is 1.00 bits per heavy atom. The number of nitrogens with zero attached hydrogens (tertiary/aromatic N) is 2. The van der Waals surface area contributed by atoms with Crippen LogP contribution in [0.2, 0.25) is 0 Å². The molecule has 3 nitrogen and oxygen atoms in total. The quantitative estimate of drug-likeness (QED) is 0.644. The summed E-state index contributed by atoms with van der Waals surface area (Å²) in [4.78, 5) is 0. The summed E-state index contributed by atoms with van der Waals surface area (Å²) >= 11 is 3.22. The maximum absolute atomic E-state index is 5.93. The predicted molar refractivity (Wildman–Crippen MR) is 82.4 cm³/mol. The summed E-state index contributed by atoms with van der Waals surface area (Å²) < 4.78 is 6.91. The number of rotatable bonds is 5. The molecule has 0 aliphatic heterocycles. The summed E-state index contributed by atoms with van der Waals surface area (Å²) in [6, 6.07) is 17.9. The van der Waals surface area contributed by atoms with Gasteiger partial charge in [-0.3, -0.25) is 0 Å². The van der Waals surface area contributed by atoms with Crippen LogP contribution in [-0.4, -0.2) is 10.2 Å². The lowest BCUT2D eigenvalue weighted by molar-refractivity contribution is 0.478. The Balaban J connectivity index is 1.74. The SMILES string of the molecule is c1ccc(Oc2ccccc2CSc2nncs2)cc1. The fourth-order valence-corrected chi connectivity index (χ4v) is 3.18. The molecule has 1 aromatic heterocycles. The highest BCUT2D eigenvalue weighted by atomic mass is 32.2. The first-order chi connectivity index (χ1) is 9.92. The molecule has 0 fully saturated rings. The third-order valence-electron chi connectivity index (χ3n) is 2.63. The second-order valence-electron chi connectivity index (χ2n) is 4.02. The maximum atomic E-state index is 5.93. The van der Waals surface area contributed by atoms with Crippen molar-refractivity contribution in [3.8, 4) is 11.5 Å². The molecule has 0 aliphatic rings. The van der Waals surface area contributed by atoms with Crippen molar-refractivity contribution in [3.05, 3.63) is 65.7 Å². The van der Waals surface area contributed by atoms with Gasteiger partial charge in [-0.05, 0) is 18.2 Å². The van der Waals surface area contributed by atoms with Crippen LogP contribution in [0, 0.1) is 0 Å². The molecule has 0 atom stereocenters. The Hall–Kier alpha value is -1.85. The normalized spacial score (nSPS) is 10.4. The van der Waals surface area contributed by atoms with Gasteiger partial charge in [-0.2, -0.15) is 0 Å². The van der Waals surface area contributed by atoms with Gasteiger partial charge >= 0.3 is 0 Å². The number of hydrogen-bond donors (Lipinski definition) is 0. The summed E-state index contributed by atoms with van der Waals surface area (Å²) in [5, 5.41) is 7.88. The molecule has 1 heterocycles. The third-order valence-corrected chi connectivity index (χ3v) is 4.54. The van der Waals surface area contributed by atoms with Gasteiger partial charge in [0.25, 0.3) is 0 Å². The van der Waals surface area contributed by atoms with E-state index in [1.165, 1.54) is 0 Å². The molecule has 3 rings (SSSR count). The topological polar surface area (TPSA) is 35.0 Å². The van der Waals surface area contributed by atoms with E-state index in [-0.39, 0.29) is 0 Å². The lowest BCUT2D eigenvalue weighted by Gasteiger charge is -2.10. The van der Waals surface area contributed by atoms with Gasteiger partial charge in [-0.25, -0.2) is 0 Å². The van der Waals surface area contributed by atoms with E-state index in [2.05, 4.69) is 16.3 Å². The highest BCUT2D eigenvalue weighted by Gasteiger charge is 2.06. The maximum Gasteiger partial charge on any atom is 0.174 e. The molecule has 2 aromatic carbocycles. The van der Waals surface area contributed by atoms with Crippen molar-refractivity contribution in [2.45, 2.75) is 10.1 Å². The molecular weight excluding hydrogens is 288 g/mol. The lowest BCUT2D eigenvalue weighted by Crippen LogP contribution is -1.90. The number of ether oxygens (including phenoxy) is 1. The molecule has 0 bridgehead atoms. The van der Waals surface area contributed by atoms with Crippen LogP contribution in [0.15, 0.2) is 64.4 Å². The van der Waals surface area contributed by atoms with Crippen LogP contribution in [0.1, 0.15) is 5.56 Å². The zero-order chi connectivity index (χ0) is 13.6. The Morgan fingerprint density at radius 2 is 1.80 bits per heavy atom. The van der Waals surface area contributed by atoms with Crippen molar-refractivity contribution in [2.24, 2.45) is 0 Å². The first kappa shape index (κ1) is 13.1. The van der Waals surface area contributed by atoms with Crippen molar-refractivity contribution >= 4 is 23.1 Å². The highest BCUT2D eigenvalue weighted by Crippen LogP contribution is 2.31. The second kappa shape index (κ2) is 6.54. The van der Waals surface area contributed by atoms with Gasteiger partial charge < -0.3 is 4.74 Å². The second-order valence-corrected chi connectivity index (χ2v) is 6.07. The largest absolute Gasteiger partial charge is 0.457 e. The third kappa shape index (κ3) is 3.37. The van der Waals surface area contributed by atoms with Gasteiger partial charge in [0.1, 0.15) is 17.0 Å². The van der Waals surface area contributed by atoms with Crippen LogP contribution >= 0.6 is 23.1 Å². The van der Waals surface area contributed by atoms with Crippen LogP contribution in [-0.2, 0) is 5.75 Å². The fraction of sp³-hybridized carbons (Fsp3) is 0.0667. The molecule has 0 N–H and O–H groups in total. The van der Waals surface area contributed by atoms with Gasteiger partial charge in [0.15, 0.2) is 4.34 Å². The summed E-state index contributed by atoms with van der Waals surface area (Å²) in [5.41, 5.74) is 2.89. The van der Waals surface area contributed by atoms with Crippen LogP contribution in [0.3, 0.4) is 0 Å². The van der Waals surface area contributed by atoms with Crippen molar-refractivity contribution in [1.82, 2.24) is 10.2 Å². The summed E-state index contributed by atoms with van der Waals surface area (Å²) in [5.74, 6) is 2.55. The predicted octanol–water partition coefficient (Wildman–Crippen LogP) is 4.62. The molecule has 0 saturated carbocycles. The van der Waals surface area contributed by atoms with Gasteiger partial charge in [0, 0.05) is 11.3 Å². The Bertz CT molecular complexity index is 657. The molecule has 0 saturated heterocycles. The van der Waals surface area contributed by atoms with Crippen LogP contribution in [0.4, 0.5) is 0 Å². The first-order valence-corrected chi connectivity index (χ1v) is 7.98. The van der Waals surface area contributed by atoms with Gasteiger partial charge in [-0.1, -0.05) is 59.5 Å². The van der Waals surface area contributed by atoms with Gasteiger partial charge in [0.05, 0.1) is 0 Å². The van der Waals surface area contributed by atoms with E-state index in [0.717, 1.165) is 27.2 Å². The fourth-order valence-electron chi connectivity index (χ4n) is 1.70. The van der Waals surface area contributed by atoms with Crippen molar-refractivity contribution in [3.63, 3.8) is 0 Å². The van der Waals surface area contributed by atoms with Crippen LogP contribution in [0.25, 0.3) is 0 Å². The monoisotopic (exact) mass is 300 g/mol. The van der Waals surface area contributed by atoms with E-state index in [0.29, 0.717) is 0 Å². The smallest absolute Gasteiger partial charge is 0.174 e. The average molecular weight is 300 g/mol. The van der Waals surface area contributed by atoms with E-state index >= 15 is 0 Å². The molecule has 0 radical (unpaired) electrons. The van der Waals surface area contributed by atoms with E-state index in [9.17, 15) is 0 Å². The number of para-hydroxylation sites is 2. The zero-order valence-corrected chi connectivity index (χ0v) is 12.2. The summed E-state index contributed by atoms with van der Waals surface area (Å²) in [6.45, 7) is 0. The lowest BCUT2D eigenvalue weighted by atomic mass is 10.2. The minimum atomic E-state index is 0.818. The van der Waals surface area contributed by atoms with Crippen molar-refractivity contribution in [2.75, 3.05) is 0 Å². The molecule has 20 heavy (non-hydrogen) atoms. The molecule has 3 aromatic rings.